The first-order chi connectivity index (χ1) is 7.53. The maximum Gasteiger partial charge on any atom is 0.216 e. The van der Waals surface area contributed by atoms with Crippen molar-refractivity contribution in [3.05, 3.63) is 18.1 Å². The average molecular weight is 221 g/mol. The lowest BCUT2D eigenvalue weighted by Gasteiger charge is -2.13. The van der Waals surface area contributed by atoms with Crippen LogP contribution in [-0.2, 0) is 6.42 Å². The van der Waals surface area contributed by atoms with E-state index in [1.807, 2.05) is 6.07 Å². The maximum absolute atomic E-state index is 6.18. The van der Waals surface area contributed by atoms with Crippen molar-refractivity contribution in [3.63, 3.8) is 0 Å². The summed E-state index contributed by atoms with van der Waals surface area (Å²) < 4.78 is 5.06. The molecule has 1 heterocycles. The van der Waals surface area contributed by atoms with Gasteiger partial charge in [0, 0.05) is 24.2 Å². The predicted molar refractivity (Wildman–Crippen MR) is 62.2 cm³/mol. The van der Waals surface area contributed by atoms with E-state index in [4.69, 9.17) is 10.5 Å². The van der Waals surface area contributed by atoms with Gasteiger partial charge in [0.05, 0.1) is 7.11 Å². The van der Waals surface area contributed by atoms with Gasteiger partial charge in [-0.15, -0.1) is 0 Å². The van der Waals surface area contributed by atoms with Gasteiger partial charge in [-0.05, 0) is 17.8 Å². The highest BCUT2D eigenvalue weighted by atomic mass is 16.5. The zero-order chi connectivity index (χ0) is 11.8. The van der Waals surface area contributed by atoms with Crippen LogP contribution in [0.1, 0.15) is 26.0 Å². The largest absolute Gasteiger partial charge is 0.481 e. The fourth-order valence-electron chi connectivity index (χ4n) is 2.22. The van der Waals surface area contributed by atoms with Crippen molar-refractivity contribution in [2.45, 2.75) is 32.7 Å². The molecule has 1 aromatic rings. The summed E-state index contributed by atoms with van der Waals surface area (Å²) in [7, 11) is 1.61. The summed E-state index contributed by atoms with van der Waals surface area (Å²) in [6.07, 6.45) is 3.54. The van der Waals surface area contributed by atoms with E-state index >= 15 is 0 Å². The Morgan fingerprint density at radius 2 is 2.25 bits per heavy atom. The van der Waals surface area contributed by atoms with Gasteiger partial charge in [0.1, 0.15) is 6.33 Å². The lowest BCUT2D eigenvalue weighted by Crippen LogP contribution is -2.27. The van der Waals surface area contributed by atoms with Crippen LogP contribution in [-0.4, -0.2) is 23.1 Å². The summed E-state index contributed by atoms with van der Waals surface area (Å²) in [5.41, 5.74) is 7.55. The van der Waals surface area contributed by atoms with Crippen molar-refractivity contribution in [2.24, 2.45) is 17.1 Å². The molecule has 0 amide bonds. The Balaban J connectivity index is 1.98. The average Bonchev–Trinajstić information content (AvgIpc) is 2.88. The van der Waals surface area contributed by atoms with E-state index in [9.17, 15) is 0 Å². The molecule has 2 atom stereocenters. The Morgan fingerprint density at radius 1 is 1.56 bits per heavy atom. The standard InChI is InChI=1S/C12H19N3O/c1-12(2)6-9(12)10(13)4-8-5-11(16-3)15-7-14-8/h5,7,9-10H,4,6,13H2,1-3H3. The molecule has 1 aliphatic rings. The van der Waals surface area contributed by atoms with Crippen molar-refractivity contribution in [3.8, 4) is 5.88 Å². The first-order valence-electron chi connectivity index (χ1n) is 5.63. The molecule has 16 heavy (non-hydrogen) atoms. The quantitative estimate of drug-likeness (QED) is 0.835. The summed E-state index contributed by atoms with van der Waals surface area (Å²) in [6.45, 7) is 4.52. The Morgan fingerprint density at radius 3 is 2.81 bits per heavy atom. The molecule has 4 heteroatoms. The first-order valence-corrected chi connectivity index (χ1v) is 5.63. The lowest BCUT2D eigenvalue weighted by atomic mass is 10.0. The number of ether oxygens (including phenoxy) is 1. The Labute approximate surface area is 96.2 Å². The predicted octanol–water partition coefficient (Wildman–Crippen LogP) is 1.40. The molecule has 0 aliphatic heterocycles. The molecule has 1 aromatic heterocycles. The number of nitrogens with two attached hydrogens (primary N) is 1. The second-order valence-corrected chi connectivity index (χ2v) is 5.22. The molecular weight excluding hydrogens is 202 g/mol. The number of methoxy groups -OCH3 is 1. The third-order valence-corrected chi connectivity index (χ3v) is 3.46. The fraction of sp³-hybridized carbons (Fsp3) is 0.667. The molecular formula is C12H19N3O. The van der Waals surface area contributed by atoms with Gasteiger partial charge in [-0.1, -0.05) is 13.8 Å². The van der Waals surface area contributed by atoms with Crippen LogP contribution in [0.3, 0.4) is 0 Å². The van der Waals surface area contributed by atoms with Crippen molar-refractivity contribution < 1.29 is 4.74 Å². The van der Waals surface area contributed by atoms with E-state index in [1.54, 1.807) is 7.11 Å². The van der Waals surface area contributed by atoms with Gasteiger partial charge in [-0.2, -0.15) is 0 Å². The van der Waals surface area contributed by atoms with E-state index in [2.05, 4.69) is 23.8 Å². The number of nitrogens with zero attached hydrogens (tertiary/aromatic N) is 2. The molecule has 0 radical (unpaired) electrons. The number of rotatable bonds is 4. The Hall–Kier alpha value is -1.16. The molecule has 2 N–H and O–H groups in total. The summed E-state index contributed by atoms with van der Waals surface area (Å²) >= 11 is 0. The summed E-state index contributed by atoms with van der Waals surface area (Å²) in [5, 5.41) is 0. The highest BCUT2D eigenvalue weighted by Gasteiger charge is 2.48. The number of hydrogen-bond acceptors (Lipinski definition) is 4. The van der Waals surface area contributed by atoms with Crippen LogP contribution in [0.5, 0.6) is 5.88 Å². The topological polar surface area (TPSA) is 61.0 Å². The number of hydrogen-bond donors (Lipinski definition) is 1. The zero-order valence-electron chi connectivity index (χ0n) is 10.1. The van der Waals surface area contributed by atoms with E-state index in [0.29, 0.717) is 17.2 Å². The molecule has 1 aliphatic carbocycles. The van der Waals surface area contributed by atoms with E-state index in [0.717, 1.165) is 12.1 Å². The molecule has 0 bridgehead atoms. The molecule has 0 saturated heterocycles. The van der Waals surface area contributed by atoms with Crippen LogP contribution in [0.25, 0.3) is 0 Å². The van der Waals surface area contributed by atoms with E-state index in [-0.39, 0.29) is 6.04 Å². The van der Waals surface area contributed by atoms with Gasteiger partial charge >= 0.3 is 0 Å². The van der Waals surface area contributed by atoms with Gasteiger partial charge in [0.2, 0.25) is 5.88 Å². The SMILES string of the molecule is COc1cc(CC(N)C2CC2(C)C)ncn1. The van der Waals surface area contributed by atoms with Gasteiger partial charge in [0.15, 0.2) is 0 Å². The zero-order valence-corrected chi connectivity index (χ0v) is 10.1. The smallest absolute Gasteiger partial charge is 0.216 e. The second kappa shape index (κ2) is 4.01. The van der Waals surface area contributed by atoms with Gasteiger partial charge < -0.3 is 10.5 Å². The molecule has 4 nitrogen and oxygen atoms in total. The van der Waals surface area contributed by atoms with Gasteiger partial charge in [-0.3, -0.25) is 0 Å². The highest BCUT2D eigenvalue weighted by Crippen LogP contribution is 2.53. The fourth-order valence-corrected chi connectivity index (χ4v) is 2.22. The molecule has 0 aromatic carbocycles. The lowest BCUT2D eigenvalue weighted by molar-refractivity contribution is 0.395. The van der Waals surface area contributed by atoms with Crippen molar-refractivity contribution in [2.75, 3.05) is 7.11 Å². The molecule has 2 rings (SSSR count). The van der Waals surface area contributed by atoms with E-state index in [1.165, 1.54) is 12.7 Å². The van der Waals surface area contributed by atoms with Gasteiger partial charge in [0.25, 0.3) is 0 Å². The van der Waals surface area contributed by atoms with Crippen LogP contribution < -0.4 is 10.5 Å². The summed E-state index contributed by atoms with van der Waals surface area (Å²) in [5.74, 6) is 1.22. The molecule has 1 fully saturated rings. The first kappa shape index (κ1) is 11.3. The minimum atomic E-state index is 0.189. The van der Waals surface area contributed by atoms with Crippen LogP contribution in [0, 0.1) is 11.3 Å². The van der Waals surface area contributed by atoms with Crippen LogP contribution in [0.4, 0.5) is 0 Å². The van der Waals surface area contributed by atoms with Crippen LogP contribution in [0.2, 0.25) is 0 Å². The Kier molecular flexibility index (Phi) is 2.84. The molecule has 0 spiro atoms. The van der Waals surface area contributed by atoms with Crippen molar-refractivity contribution in [1.82, 2.24) is 9.97 Å². The maximum atomic E-state index is 6.18. The minimum absolute atomic E-state index is 0.189. The number of aromatic nitrogens is 2. The van der Waals surface area contributed by atoms with Crippen molar-refractivity contribution >= 4 is 0 Å². The monoisotopic (exact) mass is 221 g/mol. The highest BCUT2D eigenvalue weighted by molar-refractivity contribution is 5.15. The van der Waals surface area contributed by atoms with E-state index < -0.39 is 0 Å². The normalized spacial score (nSPS) is 23.9. The molecule has 1 saturated carbocycles. The summed E-state index contributed by atoms with van der Waals surface area (Å²) in [4.78, 5) is 8.19. The van der Waals surface area contributed by atoms with Crippen LogP contribution in [0.15, 0.2) is 12.4 Å². The second-order valence-electron chi connectivity index (χ2n) is 5.22. The van der Waals surface area contributed by atoms with Crippen molar-refractivity contribution in [1.29, 1.82) is 0 Å². The third-order valence-electron chi connectivity index (χ3n) is 3.46. The Bertz CT molecular complexity index is 378. The molecule has 2 unspecified atom stereocenters. The third kappa shape index (κ3) is 2.32. The van der Waals surface area contributed by atoms with Gasteiger partial charge in [-0.25, -0.2) is 9.97 Å². The summed E-state index contributed by atoms with van der Waals surface area (Å²) in [6, 6.07) is 2.05. The molecule has 88 valence electrons. The van der Waals surface area contributed by atoms with Crippen LogP contribution >= 0.6 is 0 Å². The minimum Gasteiger partial charge on any atom is -0.481 e.